The van der Waals surface area contributed by atoms with Crippen molar-refractivity contribution in [2.24, 2.45) is 34.5 Å². The molecule has 0 aromatic heterocycles. The Bertz CT molecular complexity index is 1130. The molecule has 0 spiro atoms. The predicted octanol–water partition coefficient (Wildman–Crippen LogP) is 4.31. The van der Waals surface area contributed by atoms with E-state index in [2.05, 4.69) is 0 Å². The van der Waals surface area contributed by atoms with E-state index in [9.17, 15) is 24.3 Å². The van der Waals surface area contributed by atoms with Crippen molar-refractivity contribution in [3.05, 3.63) is 23.8 Å². The van der Waals surface area contributed by atoms with Crippen LogP contribution < -0.4 is 0 Å². The second kappa shape index (κ2) is 9.19. The maximum absolute atomic E-state index is 14.0. The summed E-state index contributed by atoms with van der Waals surface area (Å²) in [7, 11) is 0. The van der Waals surface area contributed by atoms with Crippen LogP contribution in [0.5, 0.6) is 0 Å². The highest BCUT2D eigenvalue weighted by Gasteiger charge is 2.76. The fourth-order valence-corrected chi connectivity index (χ4v) is 8.88. The molecule has 38 heavy (non-hydrogen) atoms. The molecule has 208 valence electrons. The number of carbonyl (C=O) groups is 4. The maximum atomic E-state index is 14.0. The number of ketones is 2. The largest absolute Gasteiger partial charge is 0.509 e. The molecule has 0 aromatic rings. The quantitative estimate of drug-likeness (QED) is 0.385. The summed E-state index contributed by atoms with van der Waals surface area (Å²) in [5.74, 6) is -2.03. The standard InChI is InChI=1S/C29H37ClO8/c1-5-36-25(35)38-29(23(33)15-37-24(34)17-6-7-17)16(2)12-21-20-9-8-18-13-19(31)10-11-26(18,3)28(20,30)22(32)14-27(21,29)4/h10-11,13,16-17,20-22,32H,5-9,12,14-15H2,1-4H3/t16-,20+,21+,22?,26+,27+,28+,29+/m1/s1. The third kappa shape index (κ3) is 3.65. The van der Waals surface area contributed by atoms with Gasteiger partial charge in [0.1, 0.15) is 0 Å². The molecule has 0 heterocycles. The minimum Gasteiger partial charge on any atom is -0.457 e. The first kappa shape index (κ1) is 27.4. The van der Waals surface area contributed by atoms with Gasteiger partial charge in [0.05, 0.1) is 23.5 Å². The molecule has 0 radical (unpaired) electrons. The summed E-state index contributed by atoms with van der Waals surface area (Å²) >= 11 is 7.50. The summed E-state index contributed by atoms with van der Waals surface area (Å²) in [6.45, 7) is 6.93. The highest BCUT2D eigenvalue weighted by molar-refractivity contribution is 6.26. The number of alkyl halides is 1. The summed E-state index contributed by atoms with van der Waals surface area (Å²) < 4.78 is 16.5. The average Bonchev–Trinajstić information content (AvgIpc) is 3.68. The monoisotopic (exact) mass is 548 g/mol. The van der Waals surface area contributed by atoms with Gasteiger partial charge in [0.15, 0.2) is 18.0 Å². The second-order valence-corrected chi connectivity index (χ2v) is 12.9. The van der Waals surface area contributed by atoms with Gasteiger partial charge in [-0.1, -0.05) is 32.4 Å². The van der Waals surface area contributed by atoms with Crippen LogP contribution in [0, 0.1) is 34.5 Å². The van der Waals surface area contributed by atoms with Crippen LogP contribution in [0.15, 0.2) is 23.8 Å². The number of ether oxygens (including phenoxy) is 3. The van der Waals surface area contributed by atoms with E-state index in [0.717, 1.165) is 18.4 Å². The first-order valence-electron chi connectivity index (χ1n) is 13.7. The first-order valence-corrected chi connectivity index (χ1v) is 14.1. The van der Waals surface area contributed by atoms with Crippen molar-refractivity contribution in [1.29, 1.82) is 0 Å². The van der Waals surface area contributed by atoms with Crippen LogP contribution in [0.1, 0.15) is 66.2 Å². The number of carbonyl (C=O) groups excluding carboxylic acids is 4. The Morgan fingerprint density at radius 1 is 1.13 bits per heavy atom. The lowest BCUT2D eigenvalue weighted by atomic mass is 9.45. The van der Waals surface area contributed by atoms with Gasteiger partial charge >= 0.3 is 12.1 Å². The molecule has 8 nitrogen and oxygen atoms in total. The van der Waals surface area contributed by atoms with E-state index in [0.29, 0.717) is 19.3 Å². The molecule has 0 bridgehead atoms. The Balaban J connectivity index is 1.55. The summed E-state index contributed by atoms with van der Waals surface area (Å²) in [4.78, 5) is 50.1. The van der Waals surface area contributed by atoms with Gasteiger partial charge in [-0.15, -0.1) is 11.6 Å². The van der Waals surface area contributed by atoms with Crippen molar-refractivity contribution < 1.29 is 38.5 Å². The van der Waals surface area contributed by atoms with Crippen LogP contribution in [0.2, 0.25) is 0 Å². The van der Waals surface area contributed by atoms with Crippen molar-refractivity contribution in [2.75, 3.05) is 13.2 Å². The van der Waals surface area contributed by atoms with Crippen LogP contribution in [-0.4, -0.2) is 58.6 Å². The van der Waals surface area contributed by atoms with E-state index in [1.54, 1.807) is 13.0 Å². The SMILES string of the molecule is CCOC(=O)O[C@]1(C(=O)COC(=O)C2CC2)[C@H](C)C[C@H]2[C@@H]3CCC4=CC(=O)C=C[C@]4(C)[C@@]3(Cl)C(O)C[C@@]21C. The number of hydrogen-bond acceptors (Lipinski definition) is 8. The number of aliphatic hydroxyl groups excluding tert-OH is 1. The molecule has 4 fully saturated rings. The van der Waals surface area contributed by atoms with Crippen LogP contribution in [0.4, 0.5) is 4.79 Å². The predicted molar refractivity (Wildman–Crippen MR) is 137 cm³/mol. The van der Waals surface area contributed by atoms with Gasteiger partial charge in [0.2, 0.25) is 5.78 Å². The zero-order chi connectivity index (χ0) is 27.7. The normalized spacial score (nSPS) is 43.3. The van der Waals surface area contributed by atoms with E-state index < -0.39 is 57.8 Å². The molecule has 1 unspecified atom stereocenters. The van der Waals surface area contributed by atoms with Gasteiger partial charge < -0.3 is 19.3 Å². The lowest BCUT2D eigenvalue weighted by Gasteiger charge is -2.64. The van der Waals surface area contributed by atoms with Crippen molar-refractivity contribution >= 4 is 35.3 Å². The van der Waals surface area contributed by atoms with Crippen LogP contribution in [0.25, 0.3) is 0 Å². The minimum absolute atomic E-state index is 0.0723. The molecule has 4 saturated carbocycles. The third-order valence-corrected chi connectivity index (χ3v) is 11.3. The van der Waals surface area contributed by atoms with Crippen molar-refractivity contribution in [3.63, 3.8) is 0 Å². The highest BCUT2D eigenvalue weighted by atomic mass is 35.5. The molecule has 0 aliphatic heterocycles. The van der Waals surface area contributed by atoms with Gasteiger partial charge in [-0.2, -0.15) is 0 Å². The highest BCUT2D eigenvalue weighted by Crippen LogP contribution is 2.72. The number of halogens is 1. The van der Waals surface area contributed by atoms with Gasteiger partial charge in [-0.3, -0.25) is 14.4 Å². The Morgan fingerprint density at radius 2 is 1.84 bits per heavy atom. The molecule has 0 saturated heterocycles. The minimum atomic E-state index is -1.66. The number of rotatable bonds is 6. The lowest BCUT2D eigenvalue weighted by molar-refractivity contribution is -0.187. The van der Waals surface area contributed by atoms with E-state index in [1.165, 1.54) is 6.08 Å². The summed E-state index contributed by atoms with van der Waals surface area (Å²) in [6.07, 6.45) is 6.30. The molecule has 1 N–H and O–H groups in total. The lowest BCUT2D eigenvalue weighted by Crippen LogP contribution is -2.69. The Hall–Kier alpha value is -2.19. The molecule has 9 heteroatoms. The third-order valence-electron chi connectivity index (χ3n) is 10.4. The number of aliphatic hydroxyl groups is 1. The Labute approximate surface area is 228 Å². The van der Waals surface area contributed by atoms with Crippen LogP contribution >= 0.6 is 11.6 Å². The fourth-order valence-electron chi connectivity index (χ4n) is 8.36. The molecule has 5 aliphatic carbocycles. The summed E-state index contributed by atoms with van der Waals surface area (Å²) in [6, 6.07) is 0. The van der Waals surface area contributed by atoms with Gasteiger partial charge in [0.25, 0.3) is 0 Å². The fraction of sp³-hybridized carbons (Fsp3) is 0.724. The topological polar surface area (TPSA) is 116 Å². The summed E-state index contributed by atoms with van der Waals surface area (Å²) in [5.41, 5.74) is -2.49. The van der Waals surface area contributed by atoms with Crippen molar-refractivity contribution in [3.8, 4) is 0 Å². The molecule has 0 amide bonds. The van der Waals surface area contributed by atoms with E-state index in [4.69, 9.17) is 25.8 Å². The number of Topliss-reactive ketones (excluding diaryl/α,β-unsaturated/α-hetero) is 1. The van der Waals surface area contributed by atoms with E-state index in [-0.39, 0.29) is 36.6 Å². The van der Waals surface area contributed by atoms with Gasteiger partial charge in [-0.05, 0) is 69.4 Å². The van der Waals surface area contributed by atoms with Crippen LogP contribution in [-0.2, 0) is 28.6 Å². The molecule has 0 aromatic carbocycles. The molecule has 5 rings (SSSR count). The average molecular weight is 549 g/mol. The Kier molecular flexibility index (Phi) is 6.62. The number of esters is 1. The molecular weight excluding hydrogens is 512 g/mol. The maximum Gasteiger partial charge on any atom is 0.509 e. The van der Waals surface area contributed by atoms with Crippen LogP contribution in [0.3, 0.4) is 0 Å². The summed E-state index contributed by atoms with van der Waals surface area (Å²) in [5, 5.41) is 11.8. The zero-order valence-corrected chi connectivity index (χ0v) is 23.2. The molecule has 5 aliphatic rings. The second-order valence-electron chi connectivity index (χ2n) is 12.2. The van der Waals surface area contributed by atoms with E-state index in [1.807, 2.05) is 26.8 Å². The van der Waals surface area contributed by atoms with Crippen molar-refractivity contribution in [1.82, 2.24) is 0 Å². The first-order chi connectivity index (χ1) is 17.8. The number of fused-ring (bicyclic) bond motifs is 5. The smallest absolute Gasteiger partial charge is 0.457 e. The molecule has 8 atom stereocenters. The van der Waals surface area contributed by atoms with Crippen molar-refractivity contribution in [2.45, 2.75) is 82.8 Å². The number of hydrogen-bond donors (Lipinski definition) is 1. The number of allylic oxidation sites excluding steroid dienone is 4. The van der Waals surface area contributed by atoms with Gasteiger partial charge in [0, 0.05) is 16.7 Å². The zero-order valence-electron chi connectivity index (χ0n) is 22.5. The van der Waals surface area contributed by atoms with E-state index >= 15 is 0 Å². The molecular formula is C29H37ClO8. The Morgan fingerprint density at radius 3 is 2.50 bits per heavy atom. The van der Waals surface area contributed by atoms with Gasteiger partial charge in [-0.25, -0.2) is 4.79 Å².